The fraction of sp³-hybridized carbons (Fsp3) is 0.133. The number of carboxylic acid groups (broad SMARTS) is 1. The number of phenols is 1. The third-order valence-electron chi connectivity index (χ3n) is 2.95. The highest BCUT2D eigenvalue weighted by Gasteiger charge is 2.09. The first-order chi connectivity index (χ1) is 9.51. The van der Waals surface area contributed by atoms with Crippen LogP contribution < -0.4 is 5.32 Å². The average Bonchev–Trinajstić information content (AvgIpc) is 2.43. The number of carbonyl (C=O) groups is 1. The molecule has 0 atom stereocenters. The molecule has 0 saturated heterocycles. The lowest BCUT2D eigenvalue weighted by atomic mass is 10.1. The Balaban J connectivity index is 2.32. The molecule has 4 nitrogen and oxygen atoms in total. The molecule has 0 heterocycles. The summed E-state index contributed by atoms with van der Waals surface area (Å²) >= 11 is 6.04. The minimum Gasteiger partial charge on any atom is -0.506 e. The van der Waals surface area contributed by atoms with Crippen molar-refractivity contribution >= 4 is 28.9 Å². The van der Waals surface area contributed by atoms with E-state index in [0.29, 0.717) is 11.4 Å². The molecule has 5 heteroatoms. The van der Waals surface area contributed by atoms with Gasteiger partial charge in [-0.2, -0.15) is 0 Å². The van der Waals surface area contributed by atoms with Gasteiger partial charge in [0.15, 0.2) is 0 Å². The standard InChI is InChI=1S/C15H14ClNO3/c1-2-9-3-6-14(18)13(7-9)17-12-5-4-10(15(19)20)8-11(12)16/h3-8,17-18H,2H2,1H3,(H,19,20). The second-order valence-corrected chi connectivity index (χ2v) is 4.74. The molecule has 104 valence electrons. The van der Waals surface area contributed by atoms with Crippen LogP contribution in [0.1, 0.15) is 22.8 Å². The maximum atomic E-state index is 10.8. The first kappa shape index (κ1) is 14.2. The van der Waals surface area contributed by atoms with E-state index in [-0.39, 0.29) is 16.3 Å². The van der Waals surface area contributed by atoms with E-state index in [4.69, 9.17) is 16.7 Å². The van der Waals surface area contributed by atoms with Gasteiger partial charge in [0.05, 0.1) is 22.0 Å². The van der Waals surface area contributed by atoms with Gasteiger partial charge in [-0.25, -0.2) is 4.79 Å². The van der Waals surface area contributed by atoms with Gasteiger partial charge in [0.2, 0.25) is 0 Å². The van der Waals surface area contributed by atoms with Crippen molar-refractivity contribution in [2.24, 2.45) is 0 Å². The van der Waals surface area contributed by atoms with Crippen LogP contribution in [0.2, 0.25) is 5.02 Å². The van der Waals surface area contributed by atoms with Gasteiger partial charge in [-0.3, -0.25) is 0 Å². The predicted octanol–water partition coefficient (Wildman–Crippen LogP) is 4.05. The van der Waals surface area contributed by atoms with Gasteiger partial charge in [-0.15, -0.1) is 0 Å². The molecule has 2 aromatic carbocycles. The van der Waals surface area contributed by atoms with Gasteiger partial charge in [0.1, 0.15) is 5.75 Å². The molecule has 0 aliphatic rings. The van der Waals surface area contributed by atoms with Crippen LogP contribution in [0.3, 0.4) is 0 Å². The SMILES string of the molecule is CCc1ccc(O)c(Nc2ccc(C(=O)O)cc2Cl)c1. The molecule has 0 aliphatic heterocycles. The first-order valence-electron chi connectivity index (χ1n) is 6.13. The number of benzene rings is 2. The Morgan fingerprint density at radius 3 is 2.55 bits per heavy atom. The number of aromatic carboxylic acids is 1. The van der Waals surface area contributed by atoms with Crippen molar-refractivity contribution < 1.29 is 15.0 Å². The van der Waals surface area contributed by atoms with Crippen LogP contribution in [0, 0.1) is 0 Å². The van der Waals surface area contributed by atoms with Crippen molar-refractivity contribution in [3.63, 3.8) is 0 Å². The van der Waals surface area contributed by atoms with Gasteiger partial charge in [0.25, 0.3) is 0 Å². The zero-order valence-electron chi connectivity index (χ0n) is 10.9. The van der Waals surface area contributed by atoms with Gasteiger partial charge in [-0.1, -0.05) is 24.6 Å². The minimum absolute atomic E-state index is 0.112. The van der Waals surface area contributed by atoms with Crippen LogP contribution in [0.4, 0.5) is 11.4 Å². The molecule has 0 bridgehead atoms. The smallest absolute Gasteiger partial charge is 0.335 e. The number of aryl methyl sites for hydroxylation is 1. The van der Waals surface area contributed by atoms with E-state index in [9.17, 15) is 9.90 Å². The summed E-state index contributed by atoms with van der Waals surface area (Å²) in [6, 6.07) is 9.68. The van der Waals surface area contributed by atoms with Crippen molar-refractivity contribution in [1.82, 2.24) is 0 Å². The van der Waals surface area contributed by atoms with E-state index in [0.717, 1.165) is 12.0 Å². The van der Waals surface area contributed by atoms with Crippen molar-refractivity contribution in [2.75, 3.05) is 5.32 Å². The second kappa shape index (κ2) is 5.84. The zero-order chi connectivity index (χ0) is 14.7. The topological polar surface area (TPSA) is 69.6 Å². The van der Waals surface area contributed by atoms with E-state index in [1.54, 1.807) is 12.1 Å². The van der Waals surface area contributed by atoms with Crippen LogP contribution in [0.5, 0.6) is 5.75 Å². The van der Waals surface area contributed by atoms with E-state index < -0.39 is 5.97 Å². The van der Waals surface area contributed by atoms with E-state index in [2.05, 4.69) is 5.32 Å². The second-order valence-electron chi connectivity index (χ2n) is 4.33. The fourth-order valence-corrected chi connectivity index (χ4v) is 2.03. The lowest BCUT2D eigenvalue weighted by molar-refractivity contribution is 0.0697. The Morgan fingerprint density at radius 2 is 1.95 bits per heavy atom. The Bertz CT molecular complexity index is 656. The van der Waals surface area contributed by atoms with Crippen LogP contribution in [0.25, 0.3) is 0 Å². The summed E-state index contributed by atoms with van der Waals surface area (Å²) < 4.78 is 0. The van der Waals surface area contributed by atoms with Crippen molar-refractivity contribution in [1.29, 1.82) is 0 Å². The molecule has 20 heavy (non-hydrogen) atoms. The number of aromatic hydroxyl groups is 1. The molecule has 0 aliphatic carbocycles. The summed E-state index contributed by atoms with van der Waals surface area (Å²) in [6.07, 6.45) is 0.848. The van der Waals surface area contributed by atoms with Crippen molar-refractivity contribution in [2.45, 2.75) is 13.3 Å². The quantitative estimate of drug-likeness (QED) is 0.743. The molecule has 0 spiro atoms. The van der Waals surface area contributed by atoms with Crippen LogP contribution in [-0.4, -0.2) is 16.2 Å². The number of anilines is 2. The van der Waals surface area contributed by atoms with Gasteiger partial charge < -0.3 is 15.5 Å². The van der Waals surface area contributed by atoms with Crippen molar-refractivity contribution in [3.8, 4) is 5.75 Å². The van der Waals surface area contributed by atoms with E-state index >= 15 is 0 Å². The number of hydrogen-bond donors (Lipinski definition) is 3. The maximum Gasteiger partial charge on any atom is 0.335 e. The number of nitrogens with one attached hydrogen (secondary N) is 1. The van der Waals surface area contributed by atoms with Crippen molar-refractivity contribution in [3.05, 3.63) is 52.5 Å². The molecule has 0 fully saturated rings. The lowest BCUT2D eigenvalue weighted by Crippen LogP contribution is -1.98. The molecule has 2 aromatic rings. The zero-order valence-corrected chi connectivity index (χ0v) is 11.6. The number of rotatable bonds is 4. The van der Waals surface area contributed by atoms with Gasteiger partial charge in [0, 0.05) is 0 Å². The third kappa shape index (κ3) is 3.03. The highest BCUT2D eigenvalue weighted by molar-refractivity contribution is 6.33. The summed E-state index contributed by atoms with van der Waals surface area (Å²) in [7, 11) is 0. The van der Waals surface area contributed by atoms with Gasteiger partial charge >= 0.3 is 5.97 Å². The van der Waals surface area contributed by atoms with E-state index in [1.807, 2.05) is 19.1 Å². The fourth-order valence-electron chi connectivity index (χ4n) is 1.80. The molecule has 0 radical (unpaired) electrons. The maximum absolute atomic E-state index is 10.8. The number of hydrogen-bond acceptors (Lipinski definition) is 3. The average molecular weight is 292 g/mol. The summed E-state index contributed by atoms with van der Waals surface area (Å²) in [5.41, 5.74) is 2.27. The summed E-state index contributed by atoms with van der Waals surface area (Å²) in [5.74, 6) is -0.921. The number of phenolic OH excluding ortho intramolecular Hbond substituents is 1. The minimum atomic E-state index is -1.03. The van der Waals surface area contributed by atoms with Crippen LogP contribution in [-0.2, 0) is 6.42 Å². The number of halogens is 1. The Hall–Kier alpha value is -2.20. The molecule has 0 aromatic heterocycles. The van der Waals surface area contributed by atoms with E-state index in [1.165, 1.54) is 12.1 Å². The normalized spacial score (nSPS) is 10.3. The lowest BCUT2D eigenvalue weighted by Gasteiger charge is -2.12. The molecule has 3 N–H and O–H groups in total. The first-order valence-corrected chi connectivity index (χ1v) is 6.51. The van der Waals surface area contributed by atoms with Gasteiger partial charge in [-0.05, 0) is 42.3 Å². The van der Waals surface area contributed by atoms with Crippen LogP contribution in [0.15, 0.2) is 36.4 Å². The monoisotopic (exact) mass is 291 g/mol. The highest BCUT2D eigenvalue weighted by atomic mass is 35.5. The molecule has 2 rings (SSSR count). The Labute approximate surface area is 121 Å². The highest BCUT2D eigenvalue weighted by Crippen LogP contribution is 2.31. The number of carboxylic acids is 1. The molecule has 0 amide bonds. The molecule has 0 unspecified atom stereocenters. The summed E-state index contributed by atoms with van der Waals surface area (Å²) in [4.78, 5) is 10.8. The Kier molecular flexibility index (Phi) is 4.15. The third-order valence-corrected chi connectivity index (χ3v) is 3.27. The Morgan fingerprint density at radius 1 is 1.20 bits per heavy atom. The summed E-state index contributed by atoms with van der Waals surface area (Å²) in [5, 5.41) is 22.0. The molecular formula is C15H14ClNO3. The molecule has 0 saturated carbocycles. The largest absolute Gasteiger partial charge is 0.506 e. The van der Waals surface area contributed by atoms with Crippen LogP contribution >= 0.6 is 11.6 Å². The summed E-state index contributed by atoms with van der Waals surface area (Å²) in [6.45, 7) is 2.02. The molecular weight excluding hydrogens is 278 g/mol. The predicted molar refractivity (Wildman–Crippen MR) is 79.2 cm³/mol.